The van der Waals surface area contributed by atoms with Gasteiger partial charge in [-0.05, 0) is 89.0 Å². The van der Waals surface area contributed by atoms with Crippen molar-refractivity contribution in [2.24, 2.45) is 0 Å². The molecule has 0 aliphatic carbocycles. The van der Waals surface area contributed by atoms with Crippen LogP contribution in [0.1, 0.15) is 48.2 Å². The van der Waals surface area contributed by atoms with E-state index in [1.807, 2.05) is 39.0 Å². The number of fused-ring (bicyclic) bond motifs is 1. The maximum Gasteiger partial charge on any atom is 0.374 e. The smallest absolute Gasteiger partial charge is 0.374 e. The summed E-state index contributed by atoms with van der Waals surface area (Å²) in [6, 6.07) is 10.3. The van der Waals surface area contributed by atoms with Gasteiger partial charge in [0.25, 0.3) is 5.91 Å². The Morgan fingerprint density at radius 2 is 1.89 bits per heavy atom. The van der Waals surface area contributed by atoms with E-state index in [-0.39, 0.29) is 11.8 Å². The largest absolute Gasteiger partial charge is 0.568 e. The second kappa shape index (κ2) is 11.0. The Bertz CT molecular complexity index is 1350. The molecule has 0 atom stereocenters. The number of anilines is 1. The van der Waals surface area contributed by atoms with Gasteiger partial charge in [-0.15, -0.1) is 0 Å². The summed E-state index contributed by atoms with van der Waals surface area (Å²) in [6.45, 7) is 7.85. The summed E-state index contributed by atoms with van der Waals surface area (Å²) in [7, 11) is 7.48. The molecule has 36 heavy (non-hydrogen) atoms. The monoisotopic (exact) mass is 486 g/mol. The molecule has 1 aliphatic heterocycles. The molecule has 2 radical (unpaired) electrons. The normalized spacial score (nSPS) is 14.4. The molecule has 0 spiro atoms. The highest BCUT2D eigenvalue weighted by molar-refractivity contribution is 6.05. The van der Waals surface area contributed by atoms with Gasteiger partial charge in [0.05, 0.1) is 0 Å². The van der Waals surface area contributed by atoms with Crippen LogP contribution in [0.5, 0.6) is 11.5 Å². The van der Waals surface area contributed by atoms with Crippen LogP contribution in [0.4, 0.5) is 5.69 Å². The van der Waals surface area contributed by atoms with Gasteiger partial charge in [0.1, 0.15) is 28.9 Å². The summed E-state index contributed by atoms with van der Waals surface area (Å²) in [5, 5.41) is 3.39. The van der Waals surface area contributed by atoms with Crippen molar-refractivity contribution >= 4 is 30.6 Å². The average Bonchev–Trinajstić information content (AvgIpc) is 2.86. The van der Waals surface area contributed by atoms with Gasteiger partial charge in [0, 0.05) is 29.6 Å². The molecule has 7 nitrogen and oxygen atoms in total. The molecule has 0 saturated carbocycles. The third-order valence-electron chi connectivity index (χ3n) is 6.49. The minimum absolute atomic E-state index is 0.0703. The zero-order valence-corrected chi connectivity index (χ0v) is 21.2. The number of benzene rings is 2. The highest BCUT2D eigenvalue weighted by atomic mass is 16.5. The van der Waals surface area contributed by atoms with Gasteiger partial charge in [-0.1, -0.05) is 11.6 Å². The maximum atomic E-state index is 13.0. The molecule has 1 fully saturated rings. The van der Waals surface area contributed by atoms with Crippen molar-refractivity contribution in [2.45, 2.75) is 46.1 Å². The Morgan fingerprint density at radius 3 is 2.58 bits per heavy atom. The summed E-state index contributed by atoms with van der Waals surface area (Å²) in [4.78, 5) is 28.0. The van der Waals surface area contributed by atoms with Crippen molar-refractivity contribution in [2.75, 3.05) is 25.5 Å². The van der Waals surface area contributed by atoms with Crippen molar-refractivity contribution in [3.8, 4) is 11.5 Å². The first kappa shape index (κ1) is 25.6. The topological polar surface area (TPSA) is 81.0 Å². The first-order chi connectivity index (χ1) is 17.2. The zero-order chi connectivity index (χ0) is 25.8. The van der Waals surface area contributed by atoms with Gasteiger partial charge in [-0.2, -0.15) is 0 Å². The van der Waals surface area contributed by atoms with Crippen LogP contribution in [-0.2, 0) is 6.42 Å². The third-order valence-corrected chi connectivity index (χ3v) is 6.49. The highest BCUT2D eigenvalue weighted by Crippen LogP contribution is 2.30. The molecule has 1 aromatic heterocycles. The number of piperidine rings is 1. The standard InChI is InChI=1S/C28H31BN2O5/c1-17(2)5-6-19-15-21(8-10-25(19)36-29)27(32)30-23-16-20-7-9-24(18(3)26(20)35-28(23)33)34-22-11-13-31(4)14-12-22/h5,7-10,15-16,22H,6,11-14H2,1-4H3,(H,30,32). The summed E-state index contributed by atoms with van der Waals surface area (Å²) in [5.41, 5.74) is 2.95. The molecule has 2 aromatic carbocycles. The molecule has 1 N–H and O–H groups in total. The van der Waals surface area contributed by atoms with Crippen molar-refractivity contribution in [3.63, 3.8) is 0 Å². The summed E-state index contributed by atoms with van der Waals surface area (Å²) >= 11 is 0. The van der Waals surface area contributed by atoms with E-state index in [9.17, 15) is 9.59 Å². The first-order valence-corrected chi connectivity index (χ1v) is 12.1. The fraction of sp³-hybridized carbons (Fsp3) is 0.357. The number of nitrogens with zero attached hydrogens (tertiary/aromatic N) is 1. The Hall–Kier alpha value is -3.52. The van der Waals surface area contributed by atoms with E-state index >= 15 is 0 Å². The molecule has 3 aromatic rings. The number of hydrogen-bond donors (Lipinski definition) is 1. The van der Waals surface area contributed by atoms with Crippen LogP contribution in [0, 0.1) is 6.92 Å². The SMILES string of the molecule is [B]Oc1ccc(C(=O)Nc2cc3ccc(OC4CCN(C)CC4)c(C)c3oc2=O)cc1CC=C(C)C. The molecule has 186 valence electrons. The molecule has 8 heteroatoms. The summed E-state index contributed by atoms with van der Waals surface area (Å²) < 4.78 is 16.8. The van der Waals surface area contributed by atoms with E-state index in [0.29, 0.717) is 34.5 Å². The molecular weight excluding hydrogens is 455 g/mol. The molecule has 1 aliphatic rings. The second-order valence-electron chi connectivity index (χ2n) is 9.56. The van der Waals surface area contributed by atoms with Gasteiger partial charge in [0.2, 0.25) is 0 Å². The Balaban J connectivity index is 1.55. The van der Waals surface area contributed by atoms with E-state index in [1.165, 1.54) is 0 Å². The predicted molar refractivity (Wildman–Crippen MR) is 142 cm³/mol. The number of carbonyl (C=O) groups excluding carboxylic acids is 1. The number of ether oxygens (including phenoxy) is 1. The van der Waals surface area contributed by atoms with Crippen LogP contribution >= 0.6 is 0 Å². The van der Waals surface area contributed by atoms with E-state index in [2.05, 4.69) is 17.3 Å². The molecule has 1 saturated heterocycles. The fourth-order valence-electron chi connectivity index (χ4n) is 4.31. The lowest BCUT2D eigenvalue weighted by Gasteiger charge is -2.29. The predicted octanol–water partition coefficient (Wildman–Crippen LogP) is 4.80. The quantitative estimate of drug-likeness (QED) is 0.294. The van der Waals surface area contributed by atoms with Crippen LogP contribution in [0.25, 0.3) is 11.0 Å². The van der Waals surface area contributed by atoms with Crippen molar-refractivity contribution < 1.29 is 18.6 Å². The number of carbonyl (C=O) groups is 1. The molecule has 4 rings (SSSR count). The number of rotatable bonds is 7. The third kappa shape index (κ3) is 5.82. The van der Waals surface area contributed by atoms with Crippen molar-refractivity contribution in [3.05, 3.63) is 75.2 Å². The van der Waals surface area contributed by atoms with Crippen LogP contribution in [-0.4, -0.2) is 45.1 Å². The second-order valence-corrected chi connectivity index (χ2v) is 9.56. The van der Waals surface area contributed by atoms with E-state index in [0.717, 1.165) is 42.6 Å². The highest BCUT2D eigenvalue weighted by Gasteiger charge is 2.20. The minimum atomic E-state index is -0.623. The van der Waals surface area contributed by atoms with Crippen LogP contribution < -0.4 is 20.3 Å². The van der Waals surface area contributed by atoms with Crippen LogP contribution in [0.3, 0.4) is 0 Å². The number of nitrogens with one attached hydrogen (secondary N) is 1. The molecule has 0 bridgehead atoms. The number of allylic oxidation sites excluding steroid dienone is 2. The van der Waals surface area contributed by atoms with E-state index < -0.39 is 11.5 Å². The molecule has 0 unspecified atom stereocenters. The van der Waals surface area contributed by atoms with Gasteiger partial charge in [0.15, 0.2) is 0 Å². The Labute approximate surface area is 212 Å². The molecular formula is C28H31BN2O5. The molecule has 1 amide bonds. The Kier molecular flexibility index (Phi) is 7.84. The average molecular weight is 486 g/mol. The number of likely N-dealkylation sites (tertiary alicyclic amines) is 1. The number of amides is 1. The fourth-order valence-corrected chi connectivity index (χ4v) is 4.31. The van der Waals surface area contributed by atoms with E-state index in [4.69, 9.17) is 21.9 Å². The zero-order valence-electron chi connectivity index (χ0n) is 21.2. The van der Waals surface area contributed by atoms with E-state index in [1.54, 1.807) is 24.3 Å². The van der Waals surface area contributed by atoms with Gasteiger partial charge in [-0.25, -0.2) is 4.79 Å². The lowest BCUT2D eigenvalue weighted by Crippen LogP contribution is -2.35. The van der Waals surface area contributed by atoms with Crippen molar-refractivity contribution in [1.29, 1.82) is 0 Å². The van der Waals surface area contributed by atoms with Crippen molar-refractivity contribution in [1.82, 2.24) is 4.90 Å². The lowest BCUT2D eigenvalue weighted by atomic mass is 10.0. The first-order valence-electron chi connectivity index (χ1n) is 12.1. The van der Waals surface area contributed by atoms with Crippen LogP contribution in [0.15, 0.2) is 57.3 Å². The van der Waals surface area contributed by atoms with Gasteiger partial charge in [-0.3, -0.25) is 4.79 Å². The number of aryl methyl sites for hydroxylation is 1. The summed E-state index contributed by atoms with van der Waals surface area (Å²) in [6.07, 6.45) is 4.63. The Morgan fingerprint density at radius 1 is 1.17 bits per heavy atom. The molecule has 2 heterocycles. The van der Waals surface area contributed by atoms with Gasteiger partial charge < -0.3 is 24.0 Å². The van der Waals surface area contributed by atoms with Gasteiger partial charge >= 0.3 is 13.7 Å². The lowest BCUT2D eigenvalue weighted by molar-refractivity contribution is 0.102. The number of hydrogen-bond acceptors (Lipinski definition) is 6. The van der Waals surface area contributed by atoms with Crippen LogP contribution in [0.2, 0.25) is 0 Å². The minimum Gasteiger partial charge on any atom is -0.568 e. The summed E-state index contributed by atoms with van der Waals surface area (Å²) in [5.74, 6) is 0.772. The maximum absolute atomic E-state index is 13.0.